The lowest BCUT2D eigenvalue weighted by Gasteiger charge is -2.07. The van der Waals surface area contributed by atoms with Crippen molar-refractivity contribution >= 4 is 28.9 Å². The van der Waals surface area contributed by atoms with Gasteiger partial charge in [-0.25, -0.2) is 9.02 Å². The topological polar surface area (TPSA) is 101 Å². The van der Waals surface area contributed by atoms with E-state index in [1.807, 2.05) is 0 Å². The van der Waals surface area contributed by atoms with Crippen LogP contribution in [0.2, 0.25) is 5.02 Å². The maximum absolute atomic E-state index is 13.5. The zero-order valence-electron chi connectivity index (χ0n) is 8.37. The van der Waals surface area contributed by atoms with E-state index in [0.717, 1.165) is 0 Å². The maximum atomic E-state index is 13.5. The van der Waals surface area contributed by atoms with E-state index in [0.29, 0.717) is 0 Å². The van der Waals surface area contributed by atoms with Crippen molar-refractivity contribution in [3.05, 3.63) is 34.7 Å². The van der Waals surface area contributed by atoms with Crippen molar-refractivity contribution in [2.45, 2.75) is 0 Å². The number of rotatable bonds is 2. The van der Waals surface area contributed by atoms with Crippen LogP contribution in [0.5, 0.6) is 0 Å². The molecule has 2 aromatic rings. The van der Waals surface area contributed by atoms with Gasteiger partial charge in [0.2, 0.25) is 0 Å². The summed E-state index contributed by atoms with van der Waals surface area (Å²) in [5.74, 6) is -0.941. The van der Waals surface area contributed by atoms with Gasteiger partial charge in [-0.05, 0) is 22.4 Å². The zero-order chi connectivity index (χ0) is 12.4. The van der Waals surface area contributed by atoms with E-state index in [9.17, 15) is 4.39 Å². The summed E-state index contributed by atoms with van der Waals surface area (Å²) in [5.41, 5.74) is 5.45. The molecule has 1 heterocycles. The molecular formula is C9H7ClFN5O. The van der Waals surface area contributed by atoms with Gasteiger partial charge in [-0.2, -0.15) is 0 Å². The van der Waals surface area contributed by atoms with Gasteiger partial charge in [-0.1, -0.05) is 17.7 Å². The summed E-state index contributed by atoms with van der Waals surface area (Å²) in [6.45, 7) is 0. The minimum Gasteiger partial charge on any atom is -0.379 e. The Morgan fingerprint density at radius 1 is 1.47 bits per heavy atom. The first-order chi connectivity index (χ1) is 8.09. The van der Waals surface area contributed by atoms with E-state index < -0.39 is 5.82 Å². The normalized spacial score (nSPS) is 10.2. The molecule has 4 N–H and O–H groups in total. The fourth-order valence-electron chi connectivity index (χ4n) is 1.16. The van der Waals surface area contributed by atoms with E-state index in [4.69, 9.17) is 22.7 Å². The van der Waals surface area contributed by atoms with Gasteiger partial charge in [0.15, 0.2) is 23.2 Å². The summed E-state index contributed by atoms with van der Waals surface area (Å²) in [7, 11) is 0. The molecule has 2 rings (SSSR count). The van der Waals surface area contributed by atoms with Gasteiger partial charge in [0, 0.05) is 0 Å². The first-order valence-corrected chi connectivity index (χ1v) is 4.85. The molecule has 0 radical (unpaired) electrons. The van der Waals surface area contributed by atoms with Crippen LogP contribution in [0.3, 0.4) is 0 Å². The number of nitrogen functional groups attached to an aromatic ring is 1. The Morgan fingerprint density at radius 2 is 2.24 bits per heavy atom. The number of anilines is 2. The van der Waals surface area contributed by atoms with Gasteiger partial charge in [0.1, 0.15) is 0 Å². The highest BCUT2D eigenvalue weighted by atomic mass is 35.5. The van der Waals surface area contributed by atoms with Crippen molar-refractivity contribution in [3.63, 3.8) is 0 Å². The molecule has 0 unspecified atom stereocenters. The van der Waals surface area contributed by atoms with Crippen LogP contribution in [0.15, 0.2) is 22.8 Å². The molecule has 0 atom stereocenters. The molecule has 0 saturated heterocycles. The van der Waals surface area contributed by atoms with Gasteiger partial charge in [-0.15, -0.1) is 0 Å². The lowest BCUT2D eigenvalue weighted by molar-refractivity contribution is 0.308. The third-order valence-electron chi connectivity index (χ3n) is 1.96. The number of hydrogen-bond acceptors (Lipinski definition) is 5. The van der Waals surface area contributed by atoms with Crippen molar-refractivity contribution in [2.75, 3.05) is 11.1 Å². The molecule has 17 heavy (non-hydrogen) atoms. The molecule has 0 bridgehead atoms. The minimum absolute atomic E-state index is 0.00405. The average Bonchev–Trinajstić information content (AvgIpc) is 2.71. The quantitative estimate of drug-likeness (QED) is 0.562. The summed E-state index contributed by atoms with van der Waals surface area (Å²) < 4.78 is 17.9. The third-order valence-corrected chi connectivity index (χ3v) is 2.25. The molecule has 0 aliphatic carbocycles. The molecule has 8 heteroatoms. The van der Waals surface area contributed by atoms with Crippen molar-refractivity contribution in [1.29, 1.82) is 5.41 Å². The predicted octanol–water partition coefficient (Wildman–Crippen LogP) is 1.88. The number of halogens is 2. The van der Waals surface area contributed by atoms with Crippen LogP contribution in [0.25, 0.3) is 0 Å². The lowest BCUT2D eigenvalue weighted by atomic mass is 10.3. The minimum atomic E-state index is -0.658. The summed E-state index contributed by atoms with van der Waals surface area (Å²) in [6.07, 6.45) is 0. The van der Waals surface area contributed by atoms with E-state index in [2.05, 4.69) is 20.3 Å². The predicted molar refractivity (Wildman–Crippen MR) is 60.6 cm³/mol. The van der Waals surface area contributed by atoms with Gasteiger partial charge in [0.05, 0.1) is 10.7 Å². The van der Waals surface area contributed by atoms with Gasteiger partial charge >= 0.3 is 0 Å². The second-order valence-corrected chi connectivity index (χ2v) is 3.51. The van der Waals surface area contributed by atoms with E-state index in [-0.39, 0.29) is 28.1 Å². The molecule has 0 spiro atoms. The molecule has 0 amide bonds. The Hall–Kier alpha value is -2.15. The van der Waals surface area contributed by atoms with Crippen LogP contribution in [-0.4, -0.2) is 16.1 Å². The molecular weight excluding hydrogens is 249 g/mol. The Kier molecular flexibility index (Phi) is 2.92. The van der Waals surface area contributed by atoms with Crippen molar-refractivity contribution in [1.82, 2.24) is 10.3 Å². The number of hydrogen-bond donors (Lipinski definition) is 3. The average molecular weight is 256 g/mol. The van der Waals surface area contributed by atoms with Crippen LogP contribution in [-0.2, 0) is 0 Å². The summed E-state index contributed by atoms with van der Waals surface area (Å²) in [6, 6.07) is 4.38. The number of aromatic nitrogens is 2. The van der Waals surface area contributed by atoms with Gasteiger partial charge < -0.3 is 11.1 Å². The van der Waals surface area contributed by atoms with Crippen molar-refractivity contribution < 1.29 is 9.02 Å². The van der Waals surface area contributed by atoms with Gasteiger partial charge in [0.25, 0.3) is 0 Å². The van der Waals surface area contributed by atoms with Crippen LogP contribution in [0.4, 0.5) is 15.9 Å². The molecule has 0 fully saturated rings. The molecule has 1 aromatic heterocycles. The highest BCUT2D eigenvalue weighted by Crippen LogP contribution is 2.22. The molecule has 0 aliphatic heterocycles. The highest BCUT2D eigenvalue weighted by molar-refractivity contribution is 6.31. The number of amidine groups is 1. The molecule has 88 valence electrons. The van der Waals surface area contributed by atoms with Crippen molar-refractivity contribution in [2.24, 2.45) is 0 Å². The second-order valence-electron chi connectivity index (χ2n) is 3.10. The molecule has 1 aromatic carbocycles. The van der Waals surface area contributed by atoms with Crippen LogP contribution in [0.1, 0.15) is 5.69 Å². The van der Waals surface area contributed by atoms with E-state index in [1.165, 1.54) is 12.1 Å². The Morgan fingerprint density at radius 3 is 2.88 bits per heavy atom. The Balaban J connectivity index is 2.25. The maximum Gasteiger partial charge on any atom is 0.199 e. The smallest absolute Gasteiger partial charge is 0.199 e. The summed E-state index contributed by atoms with van der Waals surface area (Å²) in [4.78, 5) is 0. The number of benzene rings is 1. The fraction of sp³-hybridized carbons (Fsp3) is 0. The second kappa shape index (κ2) is 4.38. The third kappa shape index (κ3) is 2.18. The van der Waals surface area contributed by atoms with Crippen LogP contribution >= 0.6 is 11.6 Å². The molecule has 0 aliphatic rings. The zero-order valence-corrected chi connectivity index (χ0v) is 9.12. The van der Waals surface area contributed by atoms with E-state index >= 15 is 0 Å². The van der Waals surface area contributed by atoms with Crippen molar-refractivity contribution in [3.8, 4) is 0 Å². The Bertz CT molecular complexity index is 570. The van der Waals surface area contributed by atoms with Crippen LogP contribution in [0, 0.1) is 11.2 Å². The highest BCUT2D eigenvalue weighted by Gasteiger charge is 2.14. The SMILES string of the molecule is N=C(Nc1cccc(Cl)c1F)c1nonc1N. The largest absolute Gasteiger partial charge is 0.379 e. The summed E-state index contributed by atoms with van der Waals surface area (Å²) in [5, 5.41) is 16.8. The first kappa shape index (κ1) is 11.3. The molecule has 0 saturated carbocycles. The lowest BCUT2D eigenvalue weighted by Crippen LogP contribution is -2.15. The fourth-order valence-corrected chi connectivity index (χ4v) is 1.34. The number of nitrogens with two attached hydrogens (primary N) is 1. The van der Waals surface area contributed by atoms with Crippen LogP contribution < -0.4 is 11.1 Å². The monoisotopic (exact) mass is 255 g/mol. The standard InChI is InChI=1S/C9H7ClFN5O/c10-4-2-1-3-5(6(4)11)14-8(12)7-9(13)16-17-15-7/h1-3H,(H2,12,14)(H2,13,16). The number of nitrogens with one attached hydrogen (secondary N) is 2. The van der Waals surface area contributed by atoms with Gasteiger partial charge in [-0.3, -0.25) is 5.41 Å². The summed E-state index contributed by atoms with van der Waals surface area (Å²) >= 11 is 5.60. The molecule has 6 nitrogen and oxygen atoms in total. The number of nitrogens with zero attached hydrogens (tertiary/aromatic N) is 2. The Labute approximate surface area is 100 Å². The van der Waals surface area contributed by atoms with E-state index in [1.54, 1.807) is 6.07 Å². The first-order valence-electron chi connectivity index (χ1n) is 4.47.